The minimum atomic E-state index is 0.293. The molecule has 5 heteroatoms. The first-order chi connectivity index (χ1) is 17.7. The molecule has 5 heterocycles. The zero-order valence-electron chi connectivity index (χ0n) is 20.8. The van der Waals surface area contributed by atoms with Gasteiger partial charge in [-0.25, -0.2) is 0 Å². The first-order valence-corrected chi connectivity index (χ1v) is 14.1. The largest absolute Gasteiger partial charge is 0.342 e. The highest BCUT2D eigenvalue weighted by molar-refractivity contribution is 6.30. The number of piperidine rings is 4. The number of hydrogen-bond acceptors (Lipinski definition) is 2. The molecule has 0 saturated carbocycles. The van der Waals surface area contributed by atoms with Crippen molar-refractivity contribution in [3.8, 4) is 0 Å². The highest BCUT2D eigenvalue weighted by Gasteiger charge is 2.51. The van der Waals surface area contributed by atoms with E-state index >= 15 is 0 Å². The quantitative estimate of drug-likeness (QED) is 0.400. The summed E-state index contributed by atoms with van der Waals surface area (Å²) in [6, 6.07) is 17.8. The predicted octanol–water partition coefficient (Wildman–Crippen LogP) is 6.22. The van der Waals surface area contributed by atoms with E-state index in [1.807, 2.05) is 12.1 Å². The van der Waals surface area contributed by atoms with Crippen molar-refractivity contribution in [1.82, 2.24) is 14.4 Å². The molecule has 1 aromatic heterocycles. The van der Waals surface area contributed by atoms with Gasteiger partial charge in [0.2, 0.25) is 5.91 Å². The van der Waals surface area contributed by atoms with Crippen LogP contribution in [0, 0.1) is 11.8 Å². The van der Waals surface area contributed by atoms with Crippen molar-refractivity contribution in [2.45, 2.75) is 57.2 Å². The average Bonchev–Trinajstić information content (AvgIpc) is 3.25. The molecule has 1 amide bonds. The minimum absolute atomic E-state index is 0.293. The zero-order chi connectivity index (χ0) is 24.2. The van der Waals surface area contributed by atoms with E-state index in [1.165, 1.54) is 55.2 Å². The van der Waals surface area contributed by atoms with Gasteiger partial charge in [-0.15, -0.1) is 0 Å². The number of carbonyl (C=O) groups excluding carboxylic acids is 1. The van der Waals surface area contributed by atoms with Crippen molar-refractivity contribution < 1.29 is 4.79 Å². The molecule has 4 atom stereocenters. The summed E-state index contributed by atoms with van der Waals surface area (Å²) < 4.78 is 2.30. The van der Waals surface area contributed by atoms with E-state index in [2.05, 4.69) is 63.0 Å². The van der Waals surface area contributed by atoms with Gasteiger partial charge in [-0.05, 0) is 93.3 Å². The zero-order valence-corrected chi connectivity index (χ0v) is 21.5. The summed E-state index contributed by atoms with van der Waals surface area (Å²) in [5.74, 6) is 1.62. The number of fused-ring (bicyclic) bond motifs is 3. The maximum Gasteiger partial charge on any atom is 0.250 e. The van der Waals surface area contributed by atoms with Gasteiger partial charge in [0.05, 0.1) is 0 Å². The smallest absolute Gasteiger partial charge is 0.250 e. The number of amides is 1. The molecule has 7 rings (SSSR count). The average molecular weight is 500 g/mol. The summed E-state index contributed by atoms with van der Waals surface area (Å²) >= 11 is 6.10. The summed E-state index contributed by atoms with van der Waals surface area (Å²) in [5, 5.41) is 1.97. The van der Waals surface area contributed by atoms with E-state index in [4.69, 9.17) is 11.6 Å². The van der Waals surface area contributed by atoms with Crippen molar-refractivity contribution >= 4 is 34.5 Å². The number of carbonyl (C=O) groups is 1. The summed E-state index contributed by atoms with van der Waals surface area (Å²) in [6.45, 7) is 4.27. The number of rotatable bonds is 3. The molecule has 4 aliphatic rings. The Bertz CT molecular complexity index is 1320. The van der Waals surface area contributed by atoms with Gasteiger partial charge in [0, 0.05) is 58.4 Å². The number of nitrogens with zero attached hydrogens (tertiary/aromatic N) is 3. The molecule has 4 nitrogen and oxygen atoms in total. The predicted molar refractivity (Wildman–Crippen MR) is 146 cm³/mol. The summed E-state index contributed by atoms with van der Waals surface area (Å²) in [4.78, 5) is 19.0. The lowest BCUT2D eigenvalue weighted by atomic mass is 9.67. The molecule has 0 unspecified atom stereocenters. The van der Waals surface area contributed by atoms with Crippen LogP contribution in [0.25, 0.3) is 17.0 Å². The molecule has 0 aliphatic carbocycles. The van der Waals surface area contributed by atoms with Gasteiger partial charge in [-0.1, -0.05) is 41.9 Å². The van der Waals surface area contributed by atoms with Crippen LogP contribution in [-0.4, -0.2) is 52.0 Å². The van der Waals surface area contributed by atoms with Crippen LogP contribution in [0.1, 0.15) is 49.7 Å². The molecular weight excluding hydrogens is 466 g/mol. The Morgan fingerprint density at radius 2 is 1.78 bits per heavy atom. The van der Waals surface area contributed by atoms with Gasteiger partial charge in [-0.2, -0.15) is 0 Å². The Balaban J connectivity index is 1.19. The third kappa shape index (κ3) is 3.81. The molecule has 3 aromatic rings. The number of hydrogen-bond donors (Lipinski definition) is 0. The normalized spacial score (nSPS) is 29.4. The molecule has 4 saturated heterocycles. The van der Waals surface area contributed by atoms with Crippen LogP contribution in [0.15, 0.2) is 60.3 Å². The maximum absolute atomic E-state index is 13.9. The number of halogens is 1. The fourth-order valence-electron chi connectivity index (χ4n) is 7.82. The van der Waals surface area contributed by atoms with Crippen LogP contribution < -0.4 is 0 Å². The first-order valence-electron chi connectivity index (χ1n) is 13.7. The number of benzene rings is 2. The number of aromatic nitrogens is 1. The Hall–Kier alpha value is -2.56. The fraction of sp³-hybridized carbons (Fsp3) is 0.452. The summed E-state index contributed by atoms with van der Waals surface area (Å²) in [7, 11) is 0. The van der Waals surface area contributed by atoms with Gasteiger partial charge >= 0.3 is 0 Å². The molecule has 0 spiro atoms. The first kappa shape index (κ1) is 22.6. The van der Waals surface area contributed by atoms with Crippen molar-refractivity contribution in [3.63, 3.8) is 0 Å². The minimum Gasteiger partial charge on any atom is -0.342 e. The Labute approximate surface area is 218 Å². The second kappa shape index (κ2) is 9.08. The van der Waals surface area contributed by atoms with Crippen molar-refractivity contribution in [2.75, 3.05) is 19.6 Å². The van der Waals surface area contributed by atoms with Crippen LogP contribution >= 0.6 is 11.6 Å². The molecule has 36 heavy (non-hydrogen) atoms. The van der Waals surface area contributed by atoms with E-state index in [0.29, 0.717) is 23.8 Å². The van der Waals surface area contributed by atoms with Crippen molar-refractivity contribution in [3.05, 3.63) is 76.5 Å². The molecule has 4 fully saturated rings. The van der Waals surface area contributed by atoms with E-state index in [-0.39, 0.29) is 0 Å². The van der Waals surface area contributed by atoms with Crippen LogP contribution in [0.4, 0.5) is 0 Å². The van der Waals surface area contributed by atoms with Gasteiger partial charge < -0.3 is 9.47 Å². The second-order valence-electron chi connectivity index (χ2n) is 11.3. The Morgan fingerprint density at radius 1 is 0.972 bits per heavy atom. The molecule has 0 bridgehead atoms. The van der Waals surface area contributed by atoms with E-state index in [1.54, 1.807) is 0 Å². The van der Waals surface area contributed by atoms with E-state index in [9.17, 15) is 4.79 Å². The molecule has 0 N–H and O–H groups in total. The third-order valence-corrected chi connectivity index (χ3v) is 9.58. The van der Waals surface area contributed by atoms with Crippen LogP contribution in [0.5, 0.6) is 0 Å². The third-order valence-electron chi connectivity index (χ3n) is 9.33. The second-order valence-corrected chi connectivity index (χ2v) is 11.8. The molecule has 0 radical (unpaired) electrons. The number of para-hydroxylation sites is 1. The molecule has 186 valence electrons. The lowest BCUT2D eigenvalue weighted by Crippen LogP contribution is -2.66. The fourth-order valence-corrected chi connectivity index (χ4v) is 7.95. The highest BCUT2D eigenvalue weighted by Crippen LogP contribution is 2.45. The van der Waals surface area contributed by atoms with Crippen LogP contribution in [0.3, 0.4) is 0 Å². The molecule has 2 aromatic carbocycles. The lowest BCUT2D eigenvalue weighted by molar-refractivity contribution is -0.145. The standard InChI is InChI=1S/C31H34ClN3O/c32-25-12-9-21(10-13-25)18-34-19-24(26-6-1-2-8-28(26)34)17-22-11-14-29-27-7-4-16-33-15-3-5-23(30(27)33)20-35(29)31(22)36/h1-2,6,8-10,12-13,17,19,23,27,29-30H,3-5,7,11,14-16,18,20H2/b22-17+/t23-,27+,29+,30-/m0/s1. The summed E-state index contributed by atoms with van der Waals surface area (Å²) in [6.07, 6.45) is 11.6. The monoisotopic (exact) mass is 499 g/mol. The van der Waals surface area contributed by atoms with Gasteiger partial charge in [0.1, 0.15) is 0 Å². The van der Waals surface area contributed by atoms with Crippen LogP contribution in [0.2, 0.25) is 5.02 Å². The van der Waals surface area contributed by atoms with Crippen molar-refractivity contribution in [2.24, 2.45) is 11.8 Å². The van der Waals surface area contributed by atoms with E-state index in [0.717, 1.165) is 48.1 Å². The van der Waals surface area contributed by atoms with Gasteiger partial charge in [-0.3, -0.25) is 9.69 Å². The topological polar surface area (TPSA) is 28.5 Å². The highest BCUT2D eigenvalue weighted by atomic mass is 35.5. The van der Waals surface area contributed by atoms with Gasteiger partial charge in [0.15, 0.2) is 0 Å². The van der Waals surface area contributed by atoms with Crippen molar-refractivity contribution in [1.29, 1.82) is 0 Å². The maximum atomic E-state index is 13.9. The lowest BCUT2D eigenvalue weighted by Gasteiger charge is -2.58. The van der Waals surface area contributed by atoms with Gasteiger partial charge in [0.25, 0.3) is 0 Å². The Kier molecular flexibility index (Phi) is 5.70. The van der Waals surface area contributed by atoms with Crippen LogP contribution in [-0.2, 0) is 11.3 Å². The van der Waals surface area contributed by atoms with E-state index < -0.39 is 0 Å². The Morgan fingerprint density at radius 3 is 2.64 bits per heavy atom. The SMILES string of the molecule is O=C1/C(=C/c2cn(Cc3ccc(Cl)cc3)c3ccccc23)CC[C@@H]2[C@H]3CCCN4CCC[C@@H](CN12)[C@@H]34. The summed E-state index contributed by atoms with van der Waals surface area (Å²) in [5.41, 5.74) is 4.55. The molecule has 4 aliphatic heterocycles. The molecular formula is C31H34ClN3O.